The zero-order chi connectivity index (χ0) is 22.4. The molecule has 1 amide bonds. The topological polar surface area (TPSA) is 69.7 Å². The van der Waals surface area contributed by atoms with E-state index >= 15 is 0 Å². The Bertz CT molecular complexity index is 1010. The van der Waals surface area contributed by atoms with E-state index in [1.807, 2.05) is 26.2 Å². The first kappa shape index (κ1) is 23.0. The summed E-state index contributed by atoms with van der Waals surface area (Å²) in [6.45, 7) is 3.16. The highest BCUT2D eigenvalue weighted by molar-refractivity contribution is 7.93. The minimum atomic E-state index is -3.18. The summed E-state index contributed by atoms with van der Waals surface area (Å²) in [5.41, 5.74) is 3.97. The van der Waals surface area contributed by atoms with E-state index in [2.05, 4.69) is 41.4 Å². The Kier molecular flexibility index (Phi) is 7.51. The van der Waals surface area contributed by atoms with Gasteiger partial charge >= 0.3 is 0 Å². The zero-order valence-corrected chi connectivity index (χ0v) is 19.2. The second-order valence-electron chi connectivity index (χ2n) is 7.99. The van der Waals surface area contributed by atoms with Crippen molar-refractivity contribution < 1.29 is 13.2 Å². The van der Waals surface area contributed by atoms with Gasteiger partial charge in [-0.1, -0.05) is 43.3 Å². The molecule has 1 aliphatic heterocycles. The molecule has 0 bridgehead atoms. The van der Waals surface area contributed by atoms with E-state index in [-0.39, 0.29) is 17.7 Å². The van der Waals surface area contributed by atoms with Crippen molar-refractivity contribution in [3.05, 3.63) is 71.3 Å². The van der Waals surface area contributed by atoms with Crippen LogP contribution in [0.3, 0.4) is 0 Å². The van der Waals surface area contributed by atoms with Crippen LogP contribution < -0.4 is 9.62 Å². The van der Waals surface area contributed by atoms with E-state index in [1.165, 1.54) is 21.5 Å². The first-order valence-electron chi connectivity index (χ1n) is 10.6. The van der Waals surface area contributed by atoms with E-state index in [9.17, 15) is 13.2 Å². The van der Waals surface area contributed by atoms with Crippen molar-refractivity contribution in [1.82, 2.24) is 10.2 Å². The molecule has 0 saturated carbocycles. The lowest BCUT2D eigenvalue weighted by atomic mass is 10.0. The fourth-order valence-electron chi connectivity index (χ4n) is 3.68. The van der Waals surface area contributed by atoms with Gasteiger partial charge in [0.15, 0.2) is 0 Å². The van der Waals surface area contributed by atoms with Gasteiger partial charge in [-0.25, -0.2) is 8.42 Å². The molecule has 1 aliphatic rings. The van der Waals surface area contributed by atoms with E-state index in [0.29, 0.717) is 25.2 Å². The molecular formula is C24H31N3O3S. The summed E-state index contributed by atoms with van der Waals surface area (Å²) in [6, 6.07) is 15.8. The van der Waals surface area contributed by atoms with E-state index in [4.69, 9.17) is 0 Å². The zero-order valence-electron chi connectivity index (χ0n) is 18.4. The number of rotatable bonds is 8. The number of hydrogen-bond acceptors (Lipinski definition) is 4. The van der Waals surface area contributed by atoms with Crippen LogP contribution in [0.15, 0.2) is 54.6 Å². The Morgan fingerprint density at radius 3 is 2.35 bits per heavy atom. The van der Waals surface area contributed by atoms with Gasteiger partial charge in [0.1, 0.15) is 0 Å². The van der Waals surface area contributed by atoms with E-state index in [1.54, 1.807) is 18.2 Å². The third kappa shape index (κ3) is 5.95. The van der Waals surface area contributed by atoms with Gasteiger partial charge in [0.05, 0.1) is 17.5 Å². The quantitative estimate of drug-likeness (QED) is 0.639. The molecule has 1 N–H and O–H groups in total. The normalized spacial score (nSPS) is 16.7. The van der Waals surface area contributed by atoms with Gasteiger partial charge in [0.25, 0.3) is 0 Å². The van der Waals surface area contributed by atoms with Gasteiger partial charge in [-0.05, 0) is 61.8 Å². The van der Waals surface area contributed by atoms with Crippen LogP contribution in [-0.2, 0) is 21.2 Å². The second kappa shape index (κ2) is 10.1. The molecule has 2 aromatic rings. The predicted octanol–water partition coefficient (Wildman–Crippen LogP) is 3.22. The maximum atomic E-state index is 12.3. The van der Waals surface area contributed by atoms with Crippen LogP contribution in [0.1, 0.15) is 36.1 Å². The summed E-state index contributed by atoms with van der Waals surface area (Å²) in [6.07, 6.45) is 4.90. The third-order valence-corrected chi connectivity index (χ3v) is 7.44. The number of amides is 1. The largest absolute Gasteiger partial charge is 0.351 e. The number of hydrogen-bond donors (Lipinski definition) is 1. The molecule has 1 heterocycles. The molecule has 7 heteroatoms. The number of sulfonamides is 1. The third-order valence-electron chi connectivity index (χ3n) is 5.57. The van der Waals surface area contributed by atoms with E-state index < -0.39 is 10.0 Å². The molecule has 1 atom stereocenters. The first-order valence-corrected chi connectivity index (χ1v) is 12.2. The predicted molar refractivity (Wildman–Crippen MR) is 126 cm³/mol. The molecule has 31 heavy (non-hydrogen) atoms. The smallest absolute Gasteiger partial charge is 0.244 e. The molecule has 3 rings (SSSR count). The lowest BCUT2D eigenvalue weighted by molar-refractivity contribution is -0.116. The van der Waals surface area contributed by atoms with Gasteiger partial charge in [0, 0.05) is 19.2 Å². The molecule has 6 nitrogen and oxygen atoms in total. The number of likely N-dealkylation sites (N-methyl/N-ethyl adjacent to an activating group) is 1. The average Bonchev–Trinajstić information content (AvgIpc) is 3.12. The Morgan fingerprint density at radius 1 is 1.13 bits per heavy atom. The second-order valence-corrected chi connectivity index (χ2v) is 10.00. The van der Waals surface area contributed by atoms with E-state index in [0.717, 1.165) is 12.0 Å². The fourth-order valence-corrected chi connectivity index (χ4v) is 5.25. The maximum Gasteiger partial charge on any atom is 0.244 e. The van der Waals surface area contributed by atoms with Crippen molar-refractivity contribution in [2.24, 2.45) is 0 Å². The van der Waals surface area contributed by atoms with Gasteiger partial charge in [0.2, 0.25) is 15.9 Å². The Morgan fingerprint density at radius 2 is 1.81 bits per heavy atom. The molecule has 1 fully saturated rings. The van der Waals surface area contributed by atoms with Crippen molar-refractivity contribution in [3.8, 4) is 0 Å². The van der Waals surface area contributed by atoms with Crippen LogP contribution in [0, 0.1) is 0 Å². The number of nitrogens with one attached hydrogen (secondary N) is 1. The highest BCUT2D eigenvalue weighted by Crippen LogP contribution is 2.24. The van der Waals surface area contributed by atoms with Gasteiger partial charge in [-0.15, -0.1) is 0 Å². The molecule has 2 aromatic carbocycles. The highest BCUT2D eigenvalue weighted by atomic mass is 32.2. The number of aryl methyl sites for hydroxylation is 1. The standard InChI is InChI=1S/C24H31N3O3S/c1-4-19-6-11-21(12-7-19)23(26(2)3)18-25-24(28)15-10-20-8-13-22(14-9-20)27-16-5-17-31(27,29)30/h6-15,23H,4-5,16-18H2,1-3H3,(H,25,28)/b15-10+. The lowest BCUT2D eigenvalue weighted by Gasteiger charge is -2.25. The molecule has 0 aliphatic carbocycles. The summed E-state index contributed by atoms with van der Waals surface area (Å²) in [5, 5.41) is 2.97. The maximum absolute atomic E-state index is 12.3. The average molecular weight is 442 g/mol. The summed E-state index contributed by atoms with van der Waals surface area (Å²) < 4.78 is 25.5. The number of carbonyl (C=O) groups excluding carboxylic acids is 1. The minimum absolute atomic E-state index is 0.0879. The van der Waals surface area contributed by atoms with Gasteiger partial charge in [-0.3, -0.25) is 9.10 Å². The summed E-state index contributed by atoms with van der Waals surface area (Å²) in [7, 11) is 0.824. The van der Waals surface area contributed by atoms with Crippen molar-refractivity contribution in [1.29, 1.82) is 0 Å². The monoisotopic (exact) mass is 441 g/mol. The van der Waals surface area contributed by atoms with Crippen LogP contribution in [0.2, 0.25) is 0 Å². The van der Waals surface area contributed by atoms with Crippen molar-refractivity contribution >= 4 is 27.7 Å². The molecule has 1 saturated heterocycles. The molecule has 0 aromatic heterocycles. The van der Waals surface area contributed by atoms with Crippen molar-refractivity contribution in [2.75, 3.05) is 37.2 Å². The molecular weight excluding hydrogens is 410 g/mol. The Hall–Kier alpha value is -2.64. The molecule has 166 valence electrons. The summed E-state index contributed by atoms with van der Waals surface area (Å²) >= 11 is 0. The van der Waals surface area contributed by atoms with Crippen LogP contribution >= 0.6 is 0 Å². The number of carbonyl (C=O) groups is 1. The number of anilines is 1. The van der Waals surface area contributed by atoms with Crippen LogP contribution in [0.4, 0.5) is 5.69 Å². The van der Waals surface area contributed by atoms with Crippen LogP contribution in [-0.4, -0.2) is 52.2 Å². The molecule has 0 spiro atoms. The minimum Gasteiger partial charge on any atom is -0.351 e. The van der Waals surface area contributed by atoms with Crippen molar-refractivity contribution in [3.63, 3.8) is 0 Å². The summed E-state index contributed by atoms with van der Waals surface area (Å²) in [5.74, 6) is 0.0362. The van der Waals surface area contributed by atoms with Crippen LogP contribution in [0.5, 0.6) is 0 Å². The molecule has 1 unspecified atom stereocenters. The number of benzene rings is 2. The Labute approximate surface area is 185 Å². The van der Waals surface area contributed by atoms with Crippen LogP contribution in [0.25, 0.3) is 6.08 Å². The SMILES string of the molecule is CCc1ccc(C(CNC(=O)/C=C/c2ccc(N3CCCS3(=O)=O)cc2)N(C)C)cc1. The van der Waals surface area contributed by atoms with Gasteiger partial charge < -0.3 is 10.2 Å². The highest BCUT2D eigenvalue weighted by Gasteiger charge is 2.28. The molecule has 0 radical (unpaired) electrons. The summed E-state index contributed by atoms with van der Waals surface area (Å²) in [4.78, 5) is 14.4. The van der Waals surface area contributed by atoms with Gasteiger partial charge in [-0.2, -0.15) is 0 Å². The first-order chi connectivity index (χ1) is 14.8. The fraction of sp³-hybridized carbons (Fsp3) is 0.375. The lowest BCUT2D eigenvalue weighted by Crippen LogP contribution is -2.33. The number of nitrogens with zero attached hydrogens (tertiary/aromatic N) is 2. The Balaban J connectivity index is 1.57. The van der Waals surface area contributed by atoms with Crippen molar-refractivity contribution in [2.45, 2.75) is 25.8 Å².